The summed E-state index contributed by atoms with van der Waals surface area (Å²) in [6, 6.07) is 0. The Hall–Kier alpha value is -0.940. The van der Waals surface area contributed by atoms with Crippen molar-refractivity contribution in [2.24, 2.45) is 0 Å². The van der Waals surface area contributed by atoms with E-state index in [0.717, 1.165) is 44.2 Å². The van der Waals surface area contributed by atoms with Crippen LogP contribution in [0.4, 0.5) is 0 Å². The lowest BCUT2D eigenvalue weighted by Crippen LogP contribution is -2.32. The van der Waals surface area contributed by atoms with Gasteiger partial charge in [-0.25, -0.2) is 0 Å². The normalized spacial score (nSPS) is 19.1. The first-order chi connectivity index (χ1) is 7.83. The molecule has 1 aliphatic heterocycles. The standard InChI is InChI=1S/C11H20N4O/c1-3-15-6-4-9(5-7-15)11-13-10(8-12-2)14-16-11/h9,12H,3-8H2,1-2H3. The van der Waals surface area contributed by atoms with Gasteiger partial charge in [0, 0.05) is 5.92 Å². The topological polar surface area (TPSA) is 54.2 Å². The average molecular weight is 224 g/mol. The fourth-order valence-corrected chi connectivity index (χ4v) is 2.16. The molecule has 5 heteroatoms. The summed E-state index contributed by atoms with van der Waals surface area (Å²) in [6.45, 7) is 6.31. The molecule has 0 radical (unpaired) electrons. The molecule has 0 amide bonds. The maximum absolute atomic E-state index is 5.31. The molecule has 0 spiro atoms. The fourth-order valence-electron chi connectivity index (χ4n) is 2.16. The van der Waals surface area contributed by atoms with Crippen LogP contribution in [0, 0.1) is 0 Å². The third-order valence-electron chi connectivity index (χ3n) is 3.20. The van der Waals surface area contributed by atoms with E-state index in [0.29, 0.717) is 12.5 Å². The Kier molecular flexibility index (Phi) is 3.90. The molecular weight excluding hydrogens is 204 g/mol. The minimum absolute atomic E-state index is 0.459. The Labute approximate surface area is 96.2 Å². The number of aromatic nitrogens is 2. The predicted molar refractivity (Wildman–Crippen MR) is 61.2 cm³/mol. The summed E-state index contributed by atoms with van der Waals surface area (Å²) >= 11 is 0. The number of nitrogens with one attached hydrogen (secondary N) is 1. The lowest BCUT2D eigenvalue weighted by molar-refractivity contribution is 0.202. The summed E-state index contributed by atoms with van der Waals surface area (Å²) in [5, 5.41) is 6.98. The molecule has 90 valence electrons. The van der Waals surface area contributed by atoms with E-state index in [1.807, 2.05) is 7.05 Å². The van der Waals surface area contributed by atoms with Crippen LogP contribution in [0.25, 0.3) is 0 Å². The van der Waals surface area contributed by atoms with E-state index in [2.05, 4.69) is 27.3 Å². The first-order valence-electron chi connectivity index (χ1n) is 6.03. The molecule has 1 aromatic heterocycles. The Morgan fingerprint density at radius 2 is 2.19 bits per heavy atom. The van der Waals surface area contributed by atoms with Crippen molar-refractivity contribution in [2.75, 3.05) is 26.7 Å². The van der Waals surface area contributed by atoms with Crippen molar-refractivity contribution in [3.05, 3.63) is 11.7 Å². The number of rotatable bonds is 4. The third kappa shape index (κ3) is 2.59. The highest BCUT2D eigenvalue weighted by atomic mass is 16.5. The second-order valence-electron chi connectivity index (χ2n) is 4.29. The van der Waals surface area contributed by atoms with Crippen LogP contribution in [0.1, 0.15) is 37.4 Å². The van der Waals surface area contributed by atoms with E-state index in [4.69, 9.17) is 4.52 Å². The van der Waals surface area contributed by atoms with Gasteiger partial charge in [-0.2, -0.15) is 4.98 Å². The molecule has 0 atom stereocenters. The van der Waals surface area contributed by atoms with Crippen LogP contribution >= 0.6 is 0 Å². The van der Waals surface area contributed by atoms with Crippen LogP contribution in [0.15, 0.2) is 4.52 Å². The molecule has 1 aromatic rings. The Morgan fingerprint density at radius 1 is 1.44 bits per heavy atom. The van der Waals surface area contributed by atoms with Crippen LogP contribution in [0.3, 0.4) is 0 Å². The van der Waals surface area contributed by atoms with Gasteiger partial charge >= 0.3 is 0 Å². The van der Waals surface area contributed by atoms with Crippen molar-refractivity contribution in [2.45, 2.75) is 32.2 Å². The van der Waals surface area contributed by atoms with Gasteiger partial charge in [-0.1, -0.05) is 12.1 Å². The first kappa shape index (κ1) is 11.5. The Bertz CT molecular complexity index is 318. The highest BCUT2D eigenvalue weighted by Crippen LogP contribution is 2.26. The number of hydrogen-bond donors (Lipinski definition) is 1. The molecule has 0 unspecified atom stereocenters. The molecule has 1 aliphatic rings. The molecular formula is C11H20N4O. The lowest BCUT2D eigenvalue weighted by Gasteiger charge is -2.28. The second-order valence-corrected chi connectivity index (χ2v) is 4.29. The third-order valence-corrected chi connectivity index (χ3v) is 3.20. The predicted octanol–water partition coefficient (Wildman–Crippen LogP) is 0.988. The van der Waals surface area contributed by atoms with Gasteiger partial charge in [-0.15, -0.1) is 0 Å². The van der Waals surface area contributed by atoms with E-state index in [-0.39, 0.29) is 0 Å². The molecule has 16 heavy (non-hydrogen) atoms. The molecule has 5 nitrogen and oxygen atoms in total. The zero-order chi connectivity index (χ0) is 11.4. The molecule has 2 rings (SSSR count). The van der Waals surface area contributed by atoms with Crippen molar-refractivity contribution < 1.29 is 4.52 Å². The van der Waals surface area contributed by atoms with E-state index < -0.39 is 0 Å². The fraction of sp³-hybridized carbons (Fsp3) is 0.818. The summed E-state index contributed by atoms with van der Waals surface area (Å²) in [6.07, 6.45) is 2.27. The summed E-state index contributed by atoms with van der Waals surface area (Å²) in [4.78, 5) is 6.88. The molecule has 0 saturated carbocycles. The SMILES string of the molecule is CCN1CCC(c2nc(CNC)no2)CC1. The minimum atomic E-state index is 0.459. The molecule has 1 fully saturated rings. The lowest BCUT2D eigenvalue weighted by atomic mass is 9.97. The van der Waals surface area contributed by atoms with E-state index in [9.17, 15) is 0 Å². The number of piperidine rings is 1. The van der Waals surface area contributed by atoms with Crippen molar-refractivity contribution in [3.63, 3.8) is 0 Å². The van der Waals surface area contributed by atoms with Crippen molar-refractivity contribution in [1.82, 2.24) is 20.4 Å². The highest BCUT2D eigenvalue weighted by molar-refractivity contribution is 4.96. The second kappa shape index (κ2) is 5.41. The molecule has 0 aliphatic carbocycles. The van der Waals surface area contributed by atoms with Crippen LogP contribution in [-0.4, -0.2) is 41.7 Å². The minimum Gasteiger partial charge on any atom is -0.339 e. The van der Waals surface area contributed by atoms with Crippen molar-refractivity contribution >= 4 is 0 Å². The van der Waals surface area contributed by atoms with Crippen molar-refractivity contribution in [3.8, 4) is 0 Å². The molecule has 1 N–H and O–H groups in total. The van der Waals surface area contributed by atoms with Crippen molar-refractivity contribution in [1.29, 1.82) is 0 Å². The van der Waals surface area contributed by atoms with E-state index >= 15 is 0 Å². The van der Waals surface area contributed by atoms with Crippen LogP contribution in [-0.2, 0) is 6.54 Å². The molecule has 0 aromatic carbocycles. The average Bonchev–Trinajstić information content (AvgIpc) is 2.78. The monoisotopic (exact) mass is 224 g/mol. The molecule has 1 saturated heterocycles. The summed E-state index contributed by atoms with van der Waals surface area (Å²) in [5.41, 5.74) is 0. The molecule has 0 bridgehead atoms. The van der Waals surface area contributed by atoms with E-state index in [1.54, 1.807) is 0 Å². The Balaban J connectivity index is 1.92. The van der Waals surface area contributed by atoms with Gasteiger partial charge in [0.2, 0.25) is 5.89 Å². The van der Waals surface area contributed by atoms with Gasteiger partial charge in [0.25, 0.3) is 0 Å². The number of likely N-dealkylation sites (tertiary alicyclic amines) is 1. The Morgan fingerprint density at radius 3 is 2.81 bits per heavy atom. The largest absolute Gasteiger partial charge is 0.339 e. The zero-order valence-electron chi connectivity index (χ0n) is 10.1. The van der Waals surface area contributed by atoms with Gasteiger partial charge in [-0.05, 0) is 39.5 Å². The number of nitrogens with zero attached hydrogens (tertiary/aromatic N) is 3. The van der Waals surface area contributed by atoms with Crippen LogP contribution in [0.2, 0.25) is 0 Å². The van der Waals surface area contributed by atoms with Gasteiger partial charge in [0.15, 0.2) is 5.82 Å². The zero-order valence-corrected chi connectivity index (χ0v) is 10.1. The van der Waals surface area contributed by atoms with Gasteiger partial charge in [0.1, 0.15) is 0 Å². The van der Waals surface area contributed by atoms with Crippen LogP contribution < -0.4 is 5.32 Å². The first-order valence-corrected chi connectivity index (χ1v) is 6.03. The summed E-state index contributed by atoms with van der Waals surface area (Å²) in [7, 11) is 1.88. The smallest absolute Gasteiger partial charge is 0.229 e. The summed E-state index contributed by atoms with van der Waals surface area (Å²) in [5.74, 6) is 2.04. The quantitative estimate of drug-likeness (QED) is 0.826. The van der Waals surface area contributed by atoms with Gasteiger partial charge in [-0.3, -0.25) is 0 Å². The van der Waals surface area contributed by atoms with E-state index in [1.165, 1.54) is 0 Å². The van der Waals surface area contributed by atoms with Crippen LogP contribution in [0.5, 0.6) is 0 Å². The highest BCUT2D eigenvalue weighted by Gasteiger charge is 2.24. The number of hydrogen-bond acceptors (Lipinski definition) is 5. The van der Waals surface area contributed by atoms with Gasteiger partial charge < -0.3 is 14.7 Å². The molecule has 2 heterocycles. The summed E-state index contributed by atoms with van der Waals surface area (Å²) < 4.78 is 5.31. The van der Waals surface area contributed by atoms with Gasteiger partial charge in [0.05, 0.1) is 6.54 Å². The maximum Gasteiger partial charge on any atom is 0.229 e. The maximum atomic E-state index is 5.31.